The molecule has 1 aliphatic heterocycles. The van der Waals surface area contributed by atoms with E-state index in [0.29, 0.717) is 13.1 Å². The van der Waals surface area contributed by atoms with Crippen LogP contribution < -0.4 is 0 Å². The molecule has 6 nitrogen and oxygen atoms in total. The van der Waals surface area contributed by atoms with Crippen LogP contribution in [0, 0.1) is 0 Å². The lowest BCUT2D eigenvalue weighted by molar-refractivity contribution is 0.0459. The highest BCUT2D eigenvalue weighted by Gasteiger charge is 2.24. The molecule has 1 aromatic heterocycles. The van der Waals surface area contributed by atoms with Gasteiger partial charge in [-0.3, -0.25) is 4.79 Å². The van der Waals surface area contributed by atoms with E-state index in [1.165, 1.54) is 0 Å². The molecule has 0 bridgehead atoms. The van der Waals surface area contributed by atoms with E-state index in [4.69, 9.17) is 4.74 Å². The minimum atomic E-state index is 0.0738. The Morgan fingerprint density at radius 1 is 1.39 bits per heavy atom. The van der Waals surface area contributed by atoms with Gasteiger partial charge in [-0.1, -0.05) is 30.3 Å². The molecule has 0 spiro atoms. The Bertz CT molecular complexity index is 642. The molecule has 3 rings (SSSR count). The summed E-state index contributed by atoms with van der Waals surface area (Å²) in [6.45, 7) is 4.77. The lowest BCUT2D eigenvalue weighted by atomic mass is 10.1. The monoisotopic (exact) mass is 314 g/mol. The molecule has 1 fully saturated rings. The van der Waals surface area contributed by atoms with Crippen LogP contribution in [0.15, 0.2) is 36.7 Å². The predicted molar refractivity (Wildman–Crippen MR) is 86.1 cm³/mol. The Morgan fingerprint density at radius 2 is 2.26 bits per heavy atom. The largest absolute Gasteiger partial charge is 0.376 e. The van der Waals surface area contributed by atoms with Crippen LogP contribution in [0.2, 0.25) is 0 Å². The molecule has 1 aliphatic rings. The molecule has 0 saturated carbocycles. The number of hydrogen-bond acceptors (Lipinski definition) is 4. The maximum absolute atomic E-state index is 13.0. The fourth-order valence-corrected chi connectivity index (χ4v) is 2.86. The molecule has 23 heavy (non-hydrogen) atoms. The van der Waals surface area contributed by atoms with Crippen molar-refractivity contribution < 1.29 is 9.53 Å². The van der Waals surface area contributed by atoms with E-state index in [0.717, 1.165) is 37.1 Å². The van der Waals surface area contributed by atoms with Gasteiger partial charge in [0.25, 0.3) is 5.91 Å². The highest BCUT2D eigenvalue weighted by molar-refractivity contribution is 5.95. The number of benzene rings is 1. The number of aromatic nitrogens is 3. The SMILES string of the molecule is CCC1CN(C(=O)c2ccccc2Cn2ccnn2)CCCO1. The maximum Gasteiger partial charge on any atom is 0.254 e. The number of ether oxygens (including phenoxy) is 1. The summed E-state index contributed by atoms with van der Waals surface area (Å²) in [5.41, 5.74) is 1.70. The lowest BCUT2D eigenvalue weighted by Gasteiger charge is -2.24. The van der Waals surface area contributed by atoms with Gasteiger partial charge < -0.3 is 9.64 Å². The number of nitrogens with zero attached hydrogens (tertiary/aromatic N) is 4. The van der Waals surface area contributed by atoms with E-state index >= 15 is 0 Å². The van der Waals surface area contributed by atoms with Crippen LogP contribution in [-0.4, -0.2) is 51.6 Å². The first-order chi connectivity index (χ1) is 11.3. The van der Waals surface area contributed by atoms with E-state index in [-0.39, 0.29) is 12.0 Å². The van der Waals surface area contributed by atoms with Crippen molar-refractivity contribution in [2.45, 2.75) is 32.4 Å². The number of amides is 1. The Hall–Kier alpha value is -2.21. The molecule has 0 N–H and O–H groups in total. The molecule has 0 aliphatic carbocycles. The molecule has 1 aromatic carbocycles. The van der Waals surface area contributed by atoms with Crippen molar-refractivity contribution in [3.8, 4) is 0 Å². The number of hydrogen-bond donors (Lipinski definition) is 0. The van der Waals surface area contributed by atoms with Gasteiger partial charge in [-0.15, -0.1) is 5.10 Å². The Morgan fingerprint density at radius 3 is 3.04 bits per heavy atom. The van der Waals surface area contributed by atoms with E-state index in [1.807, 2.05) is 29.2 Å². The first-order valence-corrected chi connectivity index (χ1v) is 8.11. The van der Waals surface area contributed by atoms with E-state index in [9.17, 15) is 4.79 Å². The van der Waals surface area contributed by atoms with Crippen LogP contribution in [0.4, 0.5) is 0 Å². The van der Waals surface area contributed by atoms with Gasteiger partial charge in [0.2, 0.25) is 0 Å². The second-order valence-corrected chi connectivity index (χ2v) is 5.76. The Kier molecular flexibility index (Phi) is 5.02. The average molecular weight is 314 g/mol. The van der Waals surface area contributed by atoms with Crippen molar-refractivity contribution in [2.24, 2.45) is 0 Å². The molecule has 1 saturated heterocycles. The number of rotatable bonds is 4. The molecular formula is C17H22N4O2. The van der Waals surface area contributed by atoms with Crippen LogP contribution in [0.5, 0.6) is 0 Å². The summed E-state index contributed by atoms with van der Waals surface area (Å²) in [4.78, 5) is 14.9. The van der Waals surface area contributed by atoms with Gasteiger partial charge in [0, 0.05) is 31.5 Å². The van der Waals surface area contributed by atoms with Gasteiger partial charge in [0.15, 0.2) is 0 Å². The Labute approximate surface area is 136 Å². The zero-order chi connectivity index (χ0) is 16.1. The van der Waals surface area contributed by atoms with Crippen molar-refractivity contribution >= 4 is 5.91 Å². The second-order valence-electron chi connectivity index (χ2n) is 5.76. The van der Waals surface area contributed by atoms with E-state index < -0.39 is 0 Å². The van der Waals surface area contributed by atoms with Crippen LogP contribution in [0.25, 0.3) is 0 Å². The van der Waals surface area contributed by atoms with Crippen LogP contribution in [0.1, 0.15) is 35.7 Å². The van der Waals surface area contributed by atoms with Crippen molar-refractivity contribution in [1.29, 1.82) is 0 Å². The molecule has 0 radical (unpaired) electrons. The van der Waals surface area contributed by atoms with Crippen LogP contribution >= 0.6 is 0 Å². The maximum atomic E-state index is 13.0. The smallest absolute Gasteiger partial charge is 0.254 e. The highest BCUT2D eigenvalue weighted by Crippen LogP contribution is 2.16. The number of carbonyl (C=O) groups excluding carboxylic acids is 1. The van der Waals surface area contributed by atoms with Gasteiger partial charge in [-0.2, -0.15) is 0 Å². The van der Waals surface area contributed by atoms with Crippen molar-refractivity contribution in [2.75, 3.05) is 19.7 Å². The molecule has 1 atom stereocenters. The zero-order valence-corrected chi connectivity index (χ0v) is 13.4. The molecule has 1 amide bonds. The summed E-state index contributed by atoms with van der Waals surface area (Å²) < 4.78 is 7.50. The molecular weight excluding hydrogens is 292 g/mol. The number of carbonyl (C=O) groups is 1. The summed E-state index contributed by atoms with van der Waals surface area (Å²) in [7, 11) is 0. The lowest BCUT2D eigenvalue weighted by Crippen LogP contribution is -2.37. The Balaban J connectivity index is 1.81. The summed E-state index contributed by atoms with van der Waals surface area (Å²) >= 11 is 0. The van der Waals surface area contributed by atoms with Crippen molar-refractivity contribution in [3.63, 3.8) is 0 Å². The summed E-state index contributed by atoms with van der Waals surface area (Å²) in [5, 5.41) is 7.80. The summed E-state index contributed by atoms with van der Waals surface area (Å²) in [5.74, 6) is 0.0738. The summed E-state index contributed by atoms with van der Waals surface area (Å²) in [6.07, 6.45) is 5.37. The van der Waals surface area contributed by atoms with Gasteiger partial charge in [0.1, 0.15) is 0 Å². The molecule has 6 heteroatoms. The molecule has 122 valence electrons. The van der Waals surface area contributed by atoms with Crippen molar-refractivity contribution in [1.82, 2.24) is 19.9 Å². The first kappa shape index (κ1) is 15.7. The molecule has 2 aromatic rings. The average Bonchev–Trinajstić information content (AvgIpc) is 2.97. The third-order valence-electron chi connectivity index (χ3n) is 4.14. The van der Waals surface area contributed by atoms with Crippen molar-refractivity contribution in [3.05, 3.63) is 47.8 Å². The normalized spacial score (nSPS) is 18.7. The first-order valence-electron chi connectivity index (χ1n) is 8.11. The van der Waals surface area contributed by atoms with Gasteiger partial charge in [0.05, 0.1) is 18.8 Å². The zero-order valence-electron chi connectivity index (χ0n) is 13.4. The van der Waals surface area contributed by atoms with Gasteiger partial charge in [-0.25, -0.2) is 4.68 Å². The minimum absolute atomic E-state index is 0.0738. The third-order valence-corrected chi connectivity index (χ3v) is 4.14. The quantitative estimate of drug-likeness (QED) is 0.865. The molecule has 1 unspecified atom stereocenters. The van der Waals surface area contributed by atoms with Gasteiger partial charge in [-0.05, 0) is 24.5 Å². The standard InChI is InChI=1S/C17H22N4O2/c1-2-15-13-20(9-5-11-23-15)17(22)16-7-4-3-6-14(16)12-21-10-8-18-19-21/h3-4,6-8,10,15H,2,5,9,11-13H2,1H3. The fourth-order valence-electron chi connectivity index (χ4n) is 2.86. The second kappa shape index (κ2) is 7.37. The minimum Gasteiger partial charge on any atom is -0.376 e. The van der Waals surface area contributed by atoms with E-state index in [2.05, 4.69) is 17.2 Å². The van der Waals surface area contributed by atoms with Crippen LogP contribution in [0.3, 0.4) is 0 Å². The summed E-state index contributed by atoms with van der Waals surface area (Å²) in [6, 6.07) is 7.72. The fraction of sp³-hybridized carbons (Fsp3) is 0.471. The highest BCUT2D eigenvalue weighted by atomic mass is 16.5. The van der Waals surface area contributed by atoms with Crippen LogP contribution in [-0.2, 0) is 11.3 Å². The van der Waals surface area contributed by atoms with Gasteiger partial charge >= 0.3 is 0 Å². The topological polar surface area (TPSA) is 60.2 Å². The third kappa shape index (κ3) is 3.76. The van der Waals surface area contributed by atoms with E-state index in [1.54, 1.807) is 17.1 Å². The predicted octanol–water partition coefficient (Wildman–Crippen LogP) is 1.97. The molecule has 2 heterocycles.